The smallest absolute Gasteiger partial charge is 0.184 e. The van der Waals surface area contributed by atoms with Crippen LogP contribution in [-0.2, 0) is 19.4 Å². The number of halogens is 1. The second-order valence-electron chi connectivity index (χ2n) is 6.51. The van der Waals surface area contributed by atoms with Crippen LogP contribution in [0.2, 0.25) is 5.02 Å². The van der Waals surface area contributed by atoms with Crippen molar-refractivity contribution in [2.45, 2.75) is 32.7 Å². The van der Waals surface area contributed by atoms with Gasteiger partial charge in [0.2, 0.25) is 0 Å². The van der Waals surface area contributed by atoms with Crippen LogP contribution in [-0.4, -0.2) is 31.5 Å². The van der Waals surface area contributed by atoms with Crippen molar-refractivity contribution in [2.75, 3.05) is 11.9 Å². The molecule has 0 aliphatic carbocycles. The minimum Gasteiger partial charge on any atom is -0.368 e. The minimum atomic E-state index is 0.521. The Morgan fingerprint density at radius 2 is 2.00 bits per heavy atom. The van der Waals surface area contributed by atoms with Gasteiger partial charge in [0.15, 0.2) is 17.0 Å². The second kappa shape index (κ2) is 8.67. The van der Waals surface area contributed by atoms with Gasteiger partial charge in [0.25, 0.3) is 0 Å². The molecular formula is C20H21ClN6S. The zero-order chi connectivity index (χ0) is 19.3. The quantitative estimate of drug-likeness (QED) is 0.458. The van der Waals surface area contributed by atoms with Crippen LogP contribution in [0.3, 0.4) is 0 Å². The summed E-state index contributed by atoms with van der Waals surface area (Å²) < 4.78 is 1.79. The molecule has 6 nitrogen and oxygen atoms in total. The first-order valence-corrected chi connectivity index (χ1v) is 10.6. The third kappa shape index (κ3) is 4.15. The molecule has 4 aromatic rings. The predicted molar refractivity (Wildman–Crippen MR) is 114 cm³/mol. The van der Waals surface area contributed by atoms with E-state index in [4.69, 9.17) is 16.6 Å². The lowest BCUT2D eigenvalue weighted by Gasteiger charge is -2.09. The van der Waals surface area contributed by atoms with Crippen LogP contribution in [0.25, 0.3) is 11.2 Å². The highest BCUT2D eigenvalue weighted by Gasteiger charge is 2.15. The van der Waals surface area contributed by atoms with Gasteiger partial charge in [-0.2, -0.15) is 0 Å². The van der Waals surface area contributed by atoms with E-state index < -0.39 is 0 Å². The molecule has 3 heterocycles. The summed E-state index contributed by atoms with van der Waals surface area (Å²) in [6.07, 6.45) is 2.74. The van der Waals surface area contributed by atoms with E-state index >= 15 is 0 Å². The van der Waals surface area contributed by atoms with Gasteiger partial charge in [0.05, 0.1) is 6.54 Å². The van der Waals surface area contributed by atoms with Gasteiger partial charge in [0, 0.05) is 22.9 Å². The number of rotatable bonds is 8. The Labute approximate surface area is 172 Å². The molecule has 0 amide bonds. The molecule has 0 aliphatic rings. The van der Waals surface area contributed by atoms with Crippen molar-refractivity contribution in [2.24, 2.45) is 0 Å². The fraction of sp³-hybridized carbons (Fsp3) is 0.300. The number of thiophene rings is 1. The normalized spacial score (nSPS) is 11.2. The third-order valence-corrected chi connectivity index (χ3v) is 5.71. The number of aromatic nitrogens is 5. The van der Waals surface area contributed by atoms with E-state index in [1.165, 1.54) is 4.88 Å². The van der Waals surface area contributed by atoms with Gasteiger partial charge in [-0.25, -0.2) is 14.6 Å². The molecule has 1 N–H and O–H groups in total. The summed E-state index contributed by atoms with van der Waals surface area (Å²) in [5.41, 5.74) is 2.41. The predicted octanol–water partition coefficient (Wildman–Crippen LogP) is 4.59. The van der Waals surface area contributed by atoms with E-state index in [1.807, 2.05) is 24.3 Å². The molecule has 0 bridgehead atoms. The van der Waals surface area contributed by atoms with Gasteiger partial charge in [-0.3, -0.25) is 0 Å². The molecule has 28 heavy (non-hydrogen) atoms. The zero-order valence-electron chi connectivity index (χ0n) is 15.6. The molecule has 0 atom stereocenters. The first kappa shape index (κ1) is 18.8. The molecule has 0 radical (unpaired) electrons. The Morgan fingerprint density at radius 1 is 1.11 bits per heavy atom. The fourth-order valence-corrected chi connectivity index (χ4v) is 3.92. The maximum Gasteiger partial charge on any atom is 0.184 e. The monoisotopic (exact) mass is 412 g/mol. The van der Waals surface area contributed by atoms with E-state index in [1.54, 1.807) is 16.0 Å². The van der Waals surface area contributed by atoms with Crippen molar-refractivity contribution in [3.05, 3.63) is 63.1 Å². The van der Waals surface area contributed by atoms with Gasteiger partial charge in [-0.1, -0.05) is 48.0 Å². The lowest BCUT2D eigenvalue weighted by Crippen LogP contribution is -2.10. The highest BCUT2D eigenvalue weighted by atomic mass is 35.5. The van der Waals surface area contributed by atoms with Crippen molar-refractivity contribution < 1.29 is 0 Å². The average Bonchev–Trinajstić information content (AvgIpc) is 3.34. The molecule has 3 aromatic heterocycles. The minimum absolute atomic E-state index is 0.521. The van der Waals surface area contributed by atoms with E-state index in [2.05, 4.69) is 45.0 Å². The summed E-state index contributed by atoms with van der Waals surface area (Å²) in [6, 6.07) is 12.0. The Morgan fingerprint density at radius 3 is 2.79 bits per heavy atom. The van der Waals surface area contributed by atoms with Gasteiger partial charge < -0.3 is 5.32 Å². The van der Waals surface area contributed by atoms with E-state index in [0.29, 0.717) is 17.1 Å². The van der Waals surface area contributed by atoms with Crippen LogP contribution < -0.4 is 5.32 Å². The summed E-state index contributed by atoms with van der Waals surface area (Å²) in [5.74, 6) is 1.55. The lowest BCUT2D eigenvalue weighted by molar-refractivity contribution is 0.662. The number of nitrogens with one attached hydrogen (secondary N) is 1. The molecular weight excluding hydrogens is 392 g/mol. The number of aryl methyl sites for hydroxylation is 1. The lowest BCUT2D eigenvalue weighted by atomic mass is 10.2. The third-order valence-electron chi connectivity index (χ3n) is 4.40. The first-order chi connectivity index (χ1) is 13.7. The van der Waals surface area contributed by atoms with Gasteiger partial charge >= 0.3 is 0 Å². The van der Waals surface area contributed by atoms with Crippen molar-refractivity contribution in [1.29, 1.82) is 0 Å². The van der Waals surface area contributed by atoms with Gasteiger partial charge in [0.1, 0.15) is 5.82 Å². The average molecular weight is 413 g/mol. The van der Waals surface area contributed by atoms with Gasteiger partial charge in [-0.15, -0.1) is 16.4 Å². The SMILES string of the molecule is CCCc1nc(NCCc2cccs2)c2nnn(Cc3ccccc3Cl)c2n1. The maximum atomic E-state index is 6.32. The van der Waals surface area contributed by atoms with Crippen LogP contribution >= 0.6 is 22.9 Å². The summed E-state index contributed by atoms with van der Waals surface area (Å²) in [6.45, 7) is 3.43. The van der Waals surface area contributed by atoms with E-state index in [-0.39, 0.29) is 0 Å². The van der Waals surface area contributed by atoms with Crippen LogP contribution in [0, 0.1) is 0 Å². The van der Waals surface area contributed by atoms with E-state index in [0.717, 1.165) is 48.7 Å². The van der Waals surface area contributed by atoms with Crippen molar-refractivity contribution in [3.63, 3.8) is 0 Å². The number of hydrogen-bond acceptors (Lipinski definition) is 6. The molecule has 1 aromatic carbocycles. The standard InChI is InChI=1S/C20H21ClN6S/c1-2-6-17-23-19(22-11-10-15-8-5-12-28-15)18-20(24-17)27(26-25-18)13-14-7-3-4-9-16(14)21/h3-5,7-9,12H,2,6,10-11,13H2,1H3,(H,22,23,24). The summed E-state index contributed by atoms with van der Waals surface area (Å²) in [7, 11) is 0. The van der Waals surface area contributed by atoms with Crippen LogP contribution in [0.5, 0.6) is 0 Å². The van der Waals surface area contributed by atoms with Crippen molar-refractivity contribution in [1.82, 2.24) is 25.0 Å². The maximum absolute atomic E-state index is 6.32. The first-order valence-electron chi connectivity index (χ1n) is 9.34. The highest BCUT2D eigenvalue weighted by Crippen LogP contribution is 2.22. The fourth-order valence-electron chi connectivity index (χ4n) is 3.01. The number of benzene rings is 1. The molecule has 0 fully saturated rings. The summed E-state index contributed by atoms with van der Waals surface area (Å²) in [5, 5.41) is 14.9. The molecule has 0 spiro atoms. The van der Waals surface area contributed by atoms with Crippen LogP contribution in [0.4, 0.5) is 5.82 Å². The Bertz CT molecular complexity index is 1060. The highest BCUT2D eigenvalue weighted by molar-refractivity contribution is 7.09. The number of fused-ring (bicyclic) bond motifs is 1. The van der Waals surface area contributed by atoms with Crippen molar-refractivity contribution in [3.8, 4) is 0 Å². The van der Waals surface area contributed by atoms with Crippen molar-refractivity contribution >= 4 is 39.9 Å². The summed E-state index contributed by atoms with van der Waals surface area (Å²) in [4.78, 5) is 10.7. The molecule has 0 unspecified atom stereocenters. The molecule has 4 rings (SSSR count). The van der Waals surface area contributed by atoms with Crippen LogP contribution in [0.1, 0.15) is 29.6 Å². The number of hydrogen-bond donors (Lipinski definition) is 1. The Kier molecular flexibility index (Phi) is 5.83. The molecule has 144 valence electrons. The molecule has 0 aliphatic heterocycles. The Hall–Kier alpha value is -2.51. The Balaban J connectivity index is 1.63. The molecule has 0 saturated carbocycles. The zero-order valence-corrected chi connectivity index (χ0v) is 17.2. The topological polar surface area (TPSA) is 68.5 Å². The number of nitrogens with zero attached hydrogens (tertiary/aromatic N) is 5. The molecule has 0 saturated heterocycles. The molecule has 8 heteroatoms. The van der Waals surface area contributed by atoms with E-state index in [9.17, 15) is 0 Å². The largest absolute Gasteiger partial charge is 0.368 e. The summed E-state index contributed by atoms with van der Waals surface area (Å²) >= 11 is 8.08. The second-order valence-corrected chi connectivity index (χ2v) is 7.94. The number of anilines is 1. The van der Waals surface area contributed by atoms with Crippen LogP contribution in [0.15, 0.2) is 41.8 Å². The van der Waals surface area contributed by atoms with Gasteiger partial charge in [-0.05, 0) is 35.9 Å².